The van der Waals surface area contributed by atoms with Gasteiger partial charge >= 0.3 is 0 Å². The molecule has 0 bridgehead atoms. The standard InChI is InChI=1S/C14H14FN3O/c1-8-2-4-10(7-12(8)15)18-13-6-9(16)3-5-11(13)14(17)19/h2-7,18H,16H2,1H3,(H2,17,19). The molecule has 0 aliphatic heterocycles. The third-order valence-corrected chi connectivity index (χ3v) is 2.76. The van der Waals surface area contributed by atoms with E-state index < -0.39 is 5.91 Å². The minimum Gasteiger partial charge on any atom is -0.399 e. The summed E-state index contributed by atoms with van der Waals surface area (Å²) < 4.78 is 13.5. The molecular weight excluding hydrogens is 245 g/mol. The Morgan fingerprint density at radius 2 is 1.95 bits per heavy atom. The van der Waals surface area contributed by atoms with Gasteiger partial charge < -0.3 is 16.8 Å². The molecule has 5 N–H and O–H groups in total. The molecule has 2 aromatic rings. The number of hydrogen-bond acceptors (Lipinski definition) is 3. The van der Waals surface area contributed by atoms with Crippen LogP contribution < -0.4 is 16.8 Å². The molecule has 0 unspecified atom stereocenters. The van der Waals surface area contributed by atoms with Gasteiger partial charge in [0.05, 0.1) is 11.3 Å². The van der Waals surface area contributed by atoms with E-state index in [1.807, 2.05) is 0 Å². The van der Waals surface area contributed by atoms with Crippen molar-refractivity contribution in [2.75, 3.05) is 11.1 Å². The normalized spacial score (nSPS) is 10.2. The summed E-state index contributed by atoms with van der Waals surface area (Å²) in [4.78, 5) is 11.3. The topological polar surface area (TPSA) is 81.1 Å². The third kappa shape index (κ3) is 2.82. The molecule has 0 fully saturated rings. The number of nitrogens with one attached hydrogen (secondary N) is 1. The van der Waals surface area contributed by atoms with Crippen molar-refractivity contribution in [3.8, 4) is 0 Å². The van der Waals surface area contributed by atoms with E-state index >= 15 is 0 Å². The van der Waals surface area contributed by atoms with Crippen LogP contribution in [-0.2, 0) is 0 Å². The molecule has 0 aromatic heterocycles. The van der Waals surface area contributed by atoms with Crippen molar-refractivity contribution in [1.29, 1.82) is 0 Å². The van der Waals surface area contributed by atoms with Crippen LogP contribution in [0.4, 0.5) is 21.5 Å². The Bertz CT molecular complexity index is 641. The van der Waals surface area contributed by atoms with E-state index in [4.69, 9.17) is 11.5 Å². The maximum Gasteiger partial charge on any atom is 0.250 e. The smallest absolute Gasteiger partial charge is 0.250 e. The second-order valence-electron chi connectivity index (χ2n) is 4.26. The first-order chi connectivity index (χ1) is 8.97. The van der Waals surface area contributed by atoms with Crippen LogP contribution in [0.25, 0.3) is 0 Å². The fourth-order valence-electron chi connectivity index (χ4n) is 1.71. The Morgan fingerprint density at radius 1 is 1.21 bits per heavy atom. The van der Waals surface area contributed by atoms with Gasteiger partial charge in [-0.15, -0.1) is 0 Å². The highest BCUT2D eigenvalue weighted by Gasteiger charge is 2.09. The molecule has 0 aliphatic rings. The zero-order chi connectivity index (χ0) is 14.0. The third-order valence-electron chi connectivity index (χ3n) is 2.76. The van der Waals surface area contributed by atoms with Gasteiger partial charge in [0.15, 0.2) is 0 Å². The van der Waals surface area contributed by atoms with E-state index in [9.17, 15) is 9.18 Å². The zero-order valence-electron chi connectivity index (χ0n) is 10.4. The van der Waals surface area contributed by atoms with Crippen molar-refractivity contribution >= 4 is 23.0 Å². The monoisotopic (exact) mass is 259 g/mol. The average molecular weight is 259 g/mol. The van der Waals surface area contributed by atoms with Gasteiger partial charge in [-0.3, -0.25) is 4.79 Å². The van der Waals surface area contributed by atoms with Gasteiger partial charge in [0.2, 0.25) is 0 Å². The molecule has 2 aromatic carbocycles. The summed E-state index contributed by atoms with van der Waals surface area (Å²) in [6, 6.07) is 9.41. The fraction of sp³-hybridized carbons (Fsp3) is 0.0714. The maximum absolute atomic E-state index is 13.5. The van der Waals surface area contributed by atoms with Crippen molar-refractivity contribution in [3.63, 3.8) is 0 Å². The van der Waals surface area contributed by atoms with Crippen molar-refractivity contribution in [3.05, 3.63) is 53.3 Å². The predicted molar refractivity (Wildman–Crippen MR) is 73.8 cm³/mol. The number of aryl methyl sites for hydroxylation is 1. The van der Waals surface area contributed by atoms with E-state index in [1.165, 1.54) is 12.1 Å². The molecule has 1 amide bonds. The molecule has 0 heterocycles. The summed E-state index contributed by atoms with van der Waals surface area (Å²) in [5, 5.41) is 2.94. The Kier molecular flexibility index (Phi) is 3.37. The van der Waals surface area contributed by atoms with Gasteiger partial charge in [-0.05, 0) is 42.8 Å². The fourth-order valence-corrected chi connectivity index (χ4v) is 1.71. The SMILES string of the molecule is Cc1ccc(Nc2cc(N)ccc2C(N)=O)cc1F. The number of carbonyl (C=O) groups is 1. The number of nitrogens with two attached hydrogens (primary N) is 2. The van der Waals surface area contributed by atoms with Crippen molar-refractivity contribution in [2.24, 2.45) is 5.73 Å². The summed E-state index contributed by atoms with van der Waals surface area (Å²) in [6.07, 6.45) is 0. The molecule has 2 rings (SSSR count). The predicted octanol–water partition coefficient (Wildman–Crippen LogP) is 2.56. The van der Waals surface area contributed by atoms with Gasteiger partial charge in [0.1, 0.15) is 5.82 Å². The van der Waals surface area contributed by atoms with Crippen molar-refractivity contribution in [2.45, 2.75) is 6.92 Å². The molecule has 5 heteroatoms. The molecule has 0 saturated heterocycles. The minimum atomic E-state index is -0.574. The molecule has 0 saturated carbocycles. The molecular formula is C14H14FN3O. The van der Waals surface area contributed by atoms with Crippen LogP contribution in [0.5, 0.6) is 0 Å². The minimum absolute atomic E-state index is 0.301. The molecule has 0 aliphatic carbocycles. The lowest BCUT2D eigenvalue weighted by molar-refractivity contribution is 0.100. The van der Waals surface area contributed by atoms with E-state index in [-0.39, 0.29) is 5.82 Å². The van der Waals surface area contributed by atoms with Gasteiger partial charge in [0.25, 0.3) is 5.91 Å². The highest BCUT2D eigenvalue weighted by atomic mass is 19.1. The second-order valence-corrected chi connectivity index (χ2v) is 4.26. The number of anilines is 3. The van der Waals surface area contributed by atoms with E-state index in [0.29, 0.717) is 28.2 Å². The Labute approximate surface area is 110 Å². The number of carbonyl (C=O) groups excluding carboxylic acids is 1. The van der Waals surface area contributed by atoms with Crippen LogP contribution in [0, 0.1) is 12.7 Å². The molecule has 0 radical (unpaired) electrons. The Hall–Kier alpha value is -2.56. The number of nitrogen functional groups attached to an aromatic ring is 1. The average Bonchev–Trinajstić information content (AvgIpc) is 2.33. The van der Waals surface area contributed by atoms with Crippen LogP contribution in [0.1, 0.15) is 15.9 Å². The molecule has 4 nitrogen and oxygen atoms in total. The first-order valence-corrected chi connectivity index (χ1v) is 5.70. The highest BCUT2D eigenvalue weighted by Crippen LogP contribution is 2.24. The summed E-state index contributed by atoms with van der Waals surface area (Å²) in [6.45, 7) is 1.68. The van der Waals surface area contributed by atoms with Crippen LogP contribution in [0.3, 0.4) is 0 Å². The van der Waals surface area contributed by atoms with Crippen molar-refractivity contribution in [1.82, 2.24) is 0 Å². The van der Waals surface area contributed by atoms with Crippen LogP contribution in [0.2, 0.25) is 0 Å². The number of benzene rings is 2. The van der Waals surface area contributed by atoms with Gasteiger partial charge in [-0.2, -0.15) is 0 Å². The molecule has 19 heavy (non-hydrogen) atoms. The lowest BCUT2D eigenvalue weighted by atomic mass is 10.1. The summed E-state index contributed by atoms with van der Waals surface area (Å²) in [5.41, 5.74) is 13.3. The first-order valence-electron chi connectivity index (χ1n) is 5.70. The van der Waals surface area contributed by atoms with Crippen molar-refractivity contribution < 1.29 is 9.18 Å². The highest BCUT2D eigenvalue weighted by molar-refractivity contribution is 5.99. The lowest BCUT2D eigenvalue weighted by Gasteiger charge is -2.11. The number of amides is 1. The van der Waals surface area contributed by atoms with Crippen LogP contribution >= 0.6 is 0 Å². The number of rotatable bonds is 3. The Morgan fingerprint density at radius 3 is 2.58 bits per heavy atom. The van der Waals surface area contributed by atoms with E-state index in [1.54, 1.807) is 31.2 Å². The Balaban J connectivity index is 2.39. The first kappa shape index (κ1) is 12.9. The summed E-state index contributed by atoms with van der Waals surface area (Å²) in [7, 11) is 0. The second kappa shape index (κ2) is 4.97. The lowest BCUT2D eigenvalue weighted by Crippen LogP contribution is -2.13. The van der Waals surface area contributed by atoms with Gasteiger partial charge in [-0.25, -0.2) is 4.39 Å². The number of halogens is 1. The van der Waals surface area contributed by atoms with E-state index in [0.717, 1.165) is 0 Å². The quantitative estimate of drug-likeness (QED) is 0.741. The number of hydrogen-bond donors (Lipinski definition) is 3. The zero-order valence-corrected chi connectivity index (χ0v) is 10.4. The van der Waals surface area contributed by atoms with Crippen LogP contribution in [0.15, 0.2) is 36.4 Å². The van der Waals surface area contributed by atoms with E-state index in [2.05, 4.69) is 5.32 Å². The van der Waals surface area contributed by atoms with Crippen LogP contribution in [-0.4, -0.2) is 5.91 Å². The number of primary amides is 1. The van der Waals surface area contributed by atoms with Gasteiger partial charge in [-0.1, -0.05) is 6.07 Å². The van der Waals surface area contributed by atoms with Gasteiger partial charge in [0, 0.05) is 11.4 Å². The maximum atomic E-state index is 13.5. The molecule has 0 spiro atoms. The summed E-state index contributed by atoms with van der Waals surface area (Å²) >= 11 is 0. The summed E-state index contributed by atoms with van der Waals surface area (Å²) in [5.74, 6) is -0.899. The molecule has 98 valence electrons. The molecule has 0 atom stereocenters. The largest absolute Gasteiger partial charge is 0.399 e.